The van der Waals surface area contributed by atoms with Crippen molar-refractivity contribution >= 4 is 0 Å². The lowest BCUT2D eigenvalue weighted by Gasteiger charge is -2.12. The molecule has 1 fully saturated rings. The molecule has 14 heavy (non-hydrogen) atoms. The predicted octanol–water partition coefficient (Wildman–Crippen LogP) is 1.44. The van der Waals surface area contributed by atoms with Gasteiger partial charge in [0.1, 0.15) is 17.6 Å². The molecule has 1 aromatic carbocycles. The maximum absolute atomic E-state index is 5.78. The highest BCUT2D eigenvalue weighted by atomic mass is 16.5. The Bertz CT molecular complexity index is 295. The molecule has 3 heteroatoms. The highest BCUT2D eigenvalue weighted by Gasteiger charge is 2.15. The first-order valence-corrected chi connectivity index (χ1v) is 4.90. The van der Waals surface area contributed by atoms with Gasteiger partial charge in [0.05, 0.1) is 7.11 Å². The monoisotopic (exact) mass is 193 g/mol. The minimum Gasteiger partial charge on any atom is -0.497 e. The molecule has 1 saturated heterocycles. The van der Waals surface area contributed by atoms with Gasteiger partial charge in [0.25, 0.3) is 0 Å². The van der Waals surface area contributed by atoms with Crippen LogP contribution in [0.15, 0.2) is 24.3 Å². The van der Waals surface area contributed by atoms with Crippen LogP contribution in [0.25, 0.3) is 0 Å². The van der Waals surface area contributed by atoms with Gasteiger partial charge < -0.3 is 14.8 Å². The number of ether oxygens (including phenoxy) is 2. The molecule has 1 atom stereocenters. The normalized spacial score (nSPS) is 20.8. The third-order valence-electron chi connectivity index (χ3n) is 2.36. The van der Waals surface area contributed by atoms with Crippen LogP contribution in [0.2, 0.25) is 0 Å². The van der Waals surface area contributed by atoms with Crippen LogP contribution >= 0.6 is 0 Å². The summed E-state index contributed by atoms with van der Waals surface area (Å²) in [6.45, 7) is 1.99. The molecule has 2 rings (SSSR count). The number of hydrogen-bond donors (Lipinski definition) is 1. The summed E-state index contributed by atoms with van der Waals surface area (Å²) in [4.78, 5) is 0. The summed E-state index contributed by atoms with van der Waals surface area (Å²) < 4.78 is 10.9. The molecule has 0 saturated carbocycles. The lowest BCUT2D eigenvalue weighted by molar-refractivity contribution is 0.222. The second kappa shape index (κ2) is 4.33. The van der Waals surface area contributed by atoms with Crippen LogP contribution in [0.1, 0.15) is 6.42 Å². The average Bonchev–Trinajstić information content (AvgIpc) is 2.71. The fraction of sp³-hybridized carbons (Fsp3) is 0.455. The van der Waals surface area contributed by atoms with Crippen LogP contribution in [-0.2, 0) is 0 Å². The van der Waals surface area contributed by atoms with E-state index >= 15 is 0 Å². The first-order valence-electron chi connectivity index (χ1n) is 4.90. The smallest absolute Gasteiger partial charge is 0.123 e. The van der Waals surface area contributed by atoms with E-state index in [9.17, 15) is 0 Å². The Balaban J connectivity index is 2.00. The van der Waals surface area contributed by atoms with Gasteiger partial charge in [-0.25, -0.2) is 0 Å². The van der Waals surface area contributed by atoms with Crippen molar-refractivity contribution in [2.24, 2.45) is 0 Å². The Morgan fingerprint density at radius 1 is 1.36 bits per heavy atom. The number of benzene rings is 1. The highest BCUT2D eigenvalue weighted by molar-refractivity contribution is 5.33. The molecule has 0 spiro atoms. The minimum atomic E-state index is 0.308. The fourth-order valence-electron chi connectivity index (χ4n) is 1.60. The van der Waals surface area contributed by atoms with Crippen LogP contribution in [0.4, 0.5) is 0 Å². The number of hydrogen-bond acceptors (Lipinski definition) is 3. The van der Waals surface area contributed by atoms with Gasteiger partial charge in [-0.1, -0.05) is 6.07 Å². The van der Waals surface area contributed by atoms with Gasteiger partial charge in [0, 0.05) is 12.6 Å². The van der Waals surface area contributed by atoms with E-state index in [0.29, 0.717) is 6.10 Å². The van der Waals surface area contributed by atoms with Gasteiger partial charge in [-0.2, -0.15) is 0 Å². The van der Waals surface area contributed by atoms with Crippen molar-refractivity contribution in [3.8, 4) is 11.5 Å². The number of nitrogens with one attached hydrogen (secondary N) is 1. The van der Waals surface area contributed by atoms with Crippen LogP contribution in [-0.4, -0.2) is 26.3 Å². The van der Waals surface area contributed by atoms with E-state index in [0.717, 1.165) is 31.0 Å². The van der Waals surface area contributed by atoms with Gasteiger partial charge in [0.15, 0.2) is 0 Å². The van der Waals surface area contributed by atoms with Gasteiger partial charge in [-0.3, -0.25) is 0 Å². The van der Waals surface area contributed by atoms with Gasteiger partial charge >= 0.3 is 0 Å². The van der Waals surface area contributed by atoms with E-state index in [1.165, 1.54) is 0 Å². The molecule has 1 aliphatic heterocycles. The van der Waals surface area contributed by atoms with Crippen LogP contribution in [0.5, 0.6) is 11.5 Å². The van der Waals surface area contributed by atoms with Crippen molar-refractivity contribution in [1.82, 2.24) is 5.32 Å². The molecule has 1 heterocycles. The standard InChI is InChI=1S/C11H15NO2/c1-13-9-3-2-4-10(7-9)14-11-5-6-12-8-11/h2-4,7,11-12H,5-6,8H2,1H3. The molecule has 0 amide bonds. The summed E-state index contributed by atoms with van der Waals surface area (Å²) in [6, 6.07) is 7.73. The highest BCUT2D eigenvalue weighted by Crippen LogP contribution is 2.21. The van der Waals surface area contributed by atoms with Crippen molar-refractivity contribution in [2.75, 3.05) is 20.2 Å². The summed E-state index contributed by atoms with van der Waals surface area (Å²) >= 11 is 0. The van der Waals surface area contributed by atoms with E-state index < -0.39 is 0 Å². The zero-order chi connectivity index (χ0) is 9.80. The SMILES string of the molecule is COc1cccc(OC2CCNC2)c1. The largest absolute Gasteiger partial charge is 0.497 e. The van der Waals surface area contributed by atoms with E-state index in [4.69, 9.17) is 9.47 Å². The first kappa shape index (κ1) is 9.34. The quantitative estimate of drug-likeness (QED) is 0.787. The van der Waals surface area contributed by atoms with Crippen LogP contribution in [0.3, 0.4) is 0 Å². The summed E-state index contributed by atoms with van der Waals surface area (Å²) in [7, 11) is 1.66. The van der Waals surface area contributed by atoms with E-state index in [1.807, 2.05) is 24.3 Å². The molecule has 0 bridgehead atoms. The summed E-state index contributed by atoms with van der Waals surface area (Å²) in [5.74, 6) is 1.73. The van der Waals surface area contributed by atoms with E-state index in [-0.39, 0.29) is 0 Å². The second-order valence-corrected chi connectivity index (χ2v) is 3.41. The van der Waals surface area contributed by atoms with Gasteiger partial charge in [0.2, 0.25) is 0 Å². The van der Waals surface area contributed by atoms with Gasteiger partial charge in [-0.05, 0) is 25.1 Å². The first-order chi connectivity index (χ1) is 6.88. The second-order valence-electron chi connectivity index (χ2n) is 3.41. The predicted molar refractivity (Wildman–Crippen MR) is 54.9 cm³/mol. The molecular formula is C11H15NO2. The molecule has 1 N–H and O–H groups in total. The van der Waals surface area contributed by atoms with Crippen molar-refractivity contribution in [1.29, 1.82) is 0 Å². The molecule has 1 aliphatic rings. The van der Waals surface area contributed by atoms with E-state index in [2.05, 4.69) is 5.32 Å². The summed E-state index contributed by atoms with van der Waals surface area (Å²) in [5, 5.41) is 3.26. The van der Waals surface area contributed by atoms with E-state index in [1.54, 1.807) is 7.11 Å². The van der Waals surface area contributed by atoms with Crippen LogP contribution in [0, 0.1) is 0 Å². The molecule has 0 aromatic heterocycles. The maximum atomic E-state index is 5.78. The molecular weight excluding hydrogens is 178 g/mol. The number of rotatable bonds is 3. The molecule has 3 nitrogen and oxygen atoms in total. The lowest BCUT2D eigenvalue weighted by Crippen LogP contribution is -2.19. The van der Waals surface area contributed by atoms with Crippen LogP contribution < -0.4 is 14.8 Å². The summed E-state index contributed by atoms with van der Waals surface area (Å²) in [5.41, 5.74) is 0. The Kier molecular flexibility index (Phi) is 2.89. The minimum absolute atomic E-state index is 0.308. The molecule has 1 aromatic rings. The lowest BCUT2D eigenvalue weighted by atomic mass is 10.3. The summed E-state index contributed by atoms with van der Waals surface area (Å²) in [6.07, 6.45) is 1.39. The van der Waals surface area contributed by atoms with Gasteiger partial charge in [-0.15, -0.1) is 0 Å². The Morgan fingerprint density at radius 2 is 2.21 bits per heavy atom. The Hall–Kier alpha value is -1.22. The molecule has 0 aliphatic carbocycles. The topological polar surface area (TPSA) is 30.5 Å². The molecule has 76 valence electrons. The third kappa shape index (κ3) is 2.17. The van der Waals surface area contributed by atoms with Crippen molar-refractivity contribution in [2.45, 2.75) is 12.5 Å². The zero-order valence-corrected chi connectivity index (χ0v) is 8.32. The third-order valence-corrected chi connectivity index (χ3v) is 2.36. The zero-order valence-electron chi connectivity index (χ0n) is 8.32. The molecule has 0 radical (unpaired) electrons. The Labute approximate surface area is 84.0 Å². The maximum Gasteiger partial charge on any atom is 0.123 e. The average molecular weight is 193 g/mol. The molecule has 1 unspecified atom stereocenters. The Morgan fingerprint density at radius 3 is 2.93 bits per heavy atom. The van der Waals surface area contributed by atoms with Crippen molar-refractivity contribution < 1.29 is 9.47 Å². The van der Waals surface area contributed by atoms with Crippen molar-refractivity contribution in [3.05, 3.63) is 24.3 Å². The van der Waals surface area contributed by atoms with Crippen molar-refractivity contribution in [3.63, 3.8) is 0 Å². The fourth-order valence-corrected chi connectivity index (χ4v) is 1.60. The number of methoxy groups -OCH3 is 1.